The minimum atomic E-state index is -8.85. The molecule has 0 aromatic rings. The first-order chi connectivity index (χ1) is 13.1. The Balaban J connectivity index is 6.87. The highest BCUT2D eigenvalue weighted by molar-refractivity contribution is 5.80. The summed E-state index contributed by atoms with van der Waals surface area (Å²) in [7, 11) is 0. The van der Waals surface area contributed by atoms with Crippen LogP contribution in [0.4, 0.5) is 79.0 Å². The summed E-state index contributed by atoms with van der Waals surface area (Å²) in [6, 6.07) is 0. The molecule has 0 aromatic heterocycles. The van der Waals surface area contributed by atoms with Crippen LogP contribution in [0.5, 0.6) is 0 Å². The van der Waals surface area contributed by atoms with Gasteiger partial charge in [0.15, 0.2) is 5.83 Å². The quantitative estimate of drug-likeness (QED) is 0.326. The Kier molecular flexibility index (Phi) is 6.76. The third-order valence-corrected chi connectivity index (χ3v) is 3.27. The van der Waals surface area contributed by atoms with E-state index in [9.17, 15) is 83.8 Å². The molecule has 0 spiro atoms. The van der Waals surface area contributed by atoms with Crippen LogP contribution in [-0.2, 0) is 4.79 Å². The van der Waals surface area contributed by atoms with Crippen molar-refractivity contribution in [2.75, 3.05) is 0 Å². The van der Waals surface area contributed by atoms with Crippen molar-refractivity contribution >= 4 is 5.97 Å². The van der Waals surface area contributed by atoms with E-state index in [2.05, 4.69) is 0 Å². The first-order valence-corrected chi connectivity index (χ1v) is 6.41. The second kappa shape index (κ2) is 7.24. The maximum Gasteiger partial charge on any atom is 0.460 e. The van der Waals surface area contributed by atoms with Gasteiger partial charge in [0.25, 0.3) is 0 Å². The van der Waals surface area contributed by atoms with Gasteiger partial charge >= 0.3 is 53.6 Å². The normalized spacial score (nSPS) is 16.5. The first kappa shape index (κ1) is 28.9. The Morgan fingerprint density at radius 3 is 1.03 bits per heavy atom. The Hall–Kier alpha value is -2.05. The van der Waals surface area contributed by atoms with Crippen LogP contribution in [0.25, 0.3) is 0 Å². The molecule has 0 aliphatic carbocycles. The zero-order valence-corrected chi connectivity index (χ0v) is 13.2. The molecule has 0 saturated heterocycles. The third kappa shape index (κ3) is 3.74. The van der Waals surface area contributed by atoms with Crippen LogP contribution in [0.3, 0.4) is 0 Å². The van der Waals surface area contributed by atoms with E-state index in [0.29, 0.717) is 0 Å². The third-order valence-electron chi connectivity index (χ3n) is 3.27. The smallest absolute Gasteiger partial charge is 0.460 e. The monoisotopic (exact) mass is 508 g/mol. The van der Waals surface area contributed by atoms with Gasteiger partial charge in [-0.1, -0.05) is 0 Å². The summed E-state index contributed by atoms with van der Waals surface area (Å²) in [4.78, 5) is 9.89. The molecule has 0 fully saturated rings. The number of carboxylic acid groups (broad SMARTS) is 1. The molecule has 0 aromatic carbocycles. The van der Waals surface area contributed by atoms with Gasteiger partial charge < -0.3 is 5.11 Å². The van der Waals surface area contributed by atoms with Crippen molar-refractivity contribution in [2.24, 2.45) is 0 Å². The van der Waals surface area contributed by atoms with E-state index < -0.39 is 65.5 Å². The van der Waals surface area contributed by atoms with E-state index in [-0.39, 0.29) is 0 Å². The summed E-state index contributed by atoms with van der Waals surface area (Å²) >= 11 is 0. The van der Waals surface area contributed by atoms with Gasteiger partial charge in [0, 0.05) is 0 Å². The average molecular weight is 508 g/mol. The fourth-order valence-corrected chi connectivity index (χ4v) is 1.51. The van der Waals surface area contributed by atoms with Gasteiger partial charge in [-0.25, -0.2) is 9.18 Å². The van der Waals surface area contributed by atoms with Crippen LogP contribution >= 0.6 is 0 Å². The molecule has 2 nitrogen and oxygen atoms in total. The maximum atomic E-state index is 13.2. The number of halogens is 18. The highest BCUT2D eigenvalue weighted by atomic mass is 19.4. The molecule has 0 rings (SSSR count). The lowest BCUT2D eigenvalue weighted by Crippen LogP contribution is -2.74. The Bertz CT molecular complexity index is 729. The second-order valence-corrected chi connectivity index (χ2v) is 5.35. The second-order valence-electron chi connectivity index (χ2n) is 5.35. The number of alkyl halides is 17. The fourth-order valence-electron chi connectivity index (χ4n) is 1.51. The Morgan fingerprint density at radius 1 is 0.516 bits per heavy atom. The molecule has 0 amide bonds. The average Bonchev–Trinajstić information content (AvgIpc) is 2.51. The fraction of sp³-hybridized carbons (Fsp3) is 0.727. The number of allylic oxidation sites excluding steroid dienone is 1. The minimum Gasteiger partial charge on any atom is -0.478 e. The largest absolute Gasteiger partial charge is 0.478 e. The molecule has 0 atom stereocenters. The van der Waals surface area contributed by atoms with Crippen molar-refractivity contribution < 1.29 is 88.9 Å². The van der Waals surface area contributed by atoms with Crippen molar-refractivity contribution in [3.05, 3.63) is 11.9 Å². The number of rotatable bonds is 8. The summed E-state index contributed by atoms with van der Waals surface area (Å²) in [5.74, 6) is -66.4. The molecule has 1 N–H and O–H groups in total. The molecular weight excluding hydrogens is 506 g/mol. The molecule has 0 aliphatic rings. The van der Waals surface area contributed by atoms with Crippen LogP contribution in [-0.4, -0.2) is 58.7 Å². The van der Waals surface area contributed by atoms with E-state index in [4.69, 9.17) is 5.11 Å². The first-order valence-electron chi connectivity index (χ1n) is 6.41. The Morgan fingerprint density at radius 2 is 0.774 bits per heavy atom. The number of hydrogen-bond acceptors (Lipinski definition) is 1. The summed E-state index contributed by atoms with van der Waals surface area (Å²) in [5, 5.41) is 7.84. The molecule has 20 heteroatoms. The topological polar surface area (TPSA) is 37.3 Å². The zero-order chi connectivity index (χ0) is 25.9. The van der Waals surface area contributed by atoms with Crippen molar-refractivity contribution in [2.45, 2.75) is 47.6 Å². The molecule has 0 aliphatic heterocycles. The van der Waals surface area contributed by atoms with Gasteiger partial charge in [-0.2, -0.15) is 74.6 Å². The Labute approximate surface area is 156 Å². The van der Waals surface area contributed by atoms with Gasteiger partial charge in [0.2, 0.25) is 0 Å². The predicted octanol–water partition coefficient (Wildman–Crippen LogP) is 5.93. The lowest BCUT2D eigenvalue weighted by Gasteiger charge is -2.42. The van der Waals surface area contributed by atoms with E-state index in [1.54, 1.807) is 0 Å². The predicted molar refractivity (Wildman–Crippen MR) is 57.5 cm³/mol. The summed E-state index contributed by atoms with van der Waals surface area (Å²) < 4.78 is 231. The van der Waals surface area contributed by atoms with Crippen LogP contribution in [0.15, 0.2) is 11.9 Å². The molecular formula is C11H2F18O2. The van der Waals surface area contributed by atoms with Gasteiger partial charge in [-0.3, -0.25) is 0 Å². The lowest BCUT2D eigenvalue weighted by atomic mass is 9.88. The van der Waals surface area contributed by atoms with Gasteiger partial charge in [0.05, 0.1) is 6.08 Å². The van der Waals surface area contributed by atoms with Gasteiger partial charge in [-0.15, -0.1) is 0 Å². The van der Waals surface area contributed by atoms with E-state index >= 15 is 0 Å². The van der Waals surface area contributed by atoms with Crippen molar-refractivity contribution in [1.29, 1.82) is 0 Å². The van der Waals surface area contributed by atoms with Crippen molar-refractivity contribution in [3.8, 4) is 0 Å². The van der Waals surface area contributed by atoms with Crippen LogP contribution in [0, 0.1) is 0 Å². The SMILES string of the molecule is O=C(O)/C=C(\F)C(F)(F)C(F)(F)C(F)(F)C(F)(F)C(F)(F)C(F)(F)C(F)(F)C(F)(F)F. The molecule has 0 saturated carbocycles. The standard InChI is InChI=1S/C11H2F18O2/c12-2(1-3(30)31)4(13,14)5(15,16)6(17,18)7(19,20)8(21,22)9(23,24)10(25,26)11(27,28)29/h1H,(H,30,31)/b2-1-. The highest BCUT2D eigenvalue weighted by Gasteiger charge is 2.95. The van der Waals surface area contributed by atoms with Crippen molar-refractivity contribution in [3.63, 3.8) is 0 Å². The van der Waals surface area contributed by atoms with Gasteiger partial charge in [-0.05, 0) is 0 Å². The van der Waals surface area contributed by atoms with Crippen LogP contribution in [0.2, 0.25) is 0 Å². The van der Waals surface area contributed by atoms with Crippen LogP contribution in [0.1, 0.15) is 0 Å². The van der Waals surface area contributed by atoms with Gasteiger partial charge in [0.1, 0.15) is 0 Å². The minimum absolute atomic E-state index is 1.69. The van der Waals surface area contributed by atoms with Crippen molar-refractivity contribution in [1.82, 2.24) is 0 Å². The van der Waals surface area contributed by atoms with E-state index in [0.717, 1.165) is 0 Å². The maximum absolute atomic E-state index is 13.2. The number of aliphatic carboxylic acids is 1. The molecule has 0 radical (unpaired) electrons. The van der Waals surface area contributed by atoms with Crippen LogP contribution < -0.4 is 0 Å². The zero-order valence-electron chi connectivity index (χ0n) is 13.2. The van der Waals surface area contributed by atoms with E-state index in [1.165, 1.54) is 0 Å². The van der Waals surface area contributed by atoms with E-state index in [1.807, 2.05) is 0 Å². The molecule has 184 valence electrons. The molecule has 31 heavy (non-hydrogen) atoms. The summed E-state index contributed by atoms with van der Waals surface area (Å²) in [6.07, 6.45) is -9.57. The summed E-state index contributed by atoms with van der Waals surface area (Å²) in [6.45, 7) is 0. The molecule has 0 bridgehead atoms. The molecule has 0 unspecified atom stereocenters. The summed E-state index contributed by atoms with van der Waals surface area (Å²) in [5.41, 5.74) is 0. The number of carbonyl (C=O) groups is 1. The highest BCUT2D eigenvalue weighted by Crippen LogP contribution is 2.64. The lowest BCUT2D eigenvalue weighted by molar-refractivity contribution is -0.460. The number of hydrogen-bond donors (Lipinski definition) is 1. The molecule has 0 heterocycles. The number of carboxylic acids is 1.